The fraction of sp³-hybridized carbons (Fsp3) is 0.600. The van der Waals surface area contributed by atoms with Gasteiger partial charge in [0.05, 0.1) is 4.92 Å². The van der Waals surface area contributed by atoms with Crippen molar-refractivity contribution in [1.82, 2.24) is 0 Å². The van der Waals surface area contributed by atoms with Crippen LogP contribution in [0.25, 0.3) is 0 Å². The van der Waals surface area contributed by atoms with Gasteiger partial charge in [0, 0.05) is 17.0 Å². The number of unbranched alkanes of at least 4 members (excludes halogenated alkanes) is 2. The number of rotatable bonds is 6. The summed E-state index contributed by atoms with van der Waals surface area (Å²) in [5.41, 5.74) is 5.94. The van der Waals surface area contributed by atoms with E-state index in [4.69, 9.17) is 5.73 Å². The fourth-order valence-electron chi connectivity index (χ4n) is 1.40. The van der Waals surface area contributed by atoms with E-state index in [0.29, 0.717) is 0 Å². The zero-order valence-electron chi connectivity index (χ0n) is 8.81. The molecule has 1 rings (SSSR count). The largest absolute Gasteiger partial charge is 0.324 e. The molecule has 1 heterocycles. The van der Waals surface area contributed by atoms with Crippen molar-refractivity contribution in [1.29, 1.82) is 0 Å². The molecule has 0 spiro atoms. The van der Waals surface area contributed by atoms with Crippen LogP contribution in [0.3, 0.4) is 0 Å². The third kappa shape index (κ3) is 3.60. The first kappa shape index (κ1) is 12.1. The lowest BCUT2D eigenvalue weighted by molar-refractivity contribution is -0.380. The lowest BCUT2D eigenvalue weighted by Gasteiger charge is -2.07. The standard InChI is InChI=1S/C10H16N2O2S/c1-2-3-4-5-8(11)9-6-7-10(15-9)12(13)14/h6-8H,2-5,11H2,1H3/t8-/m1/s1. The second kappa shape index (κ2) is 5.82. The van der Waals surface area contributed by atoms with Crippen molar-refractivity contribution in [2.45, 2.75) is 38.6 Å². The van der Waals surface area contributed by atoms with Gasteiger partial charge in [0.2, 0.25) is 0 Å². The van der Waals surface area contributed by atoms with E-state index in [9.17, 15) is 10.1 Å². The van der Waals surface area contributed by atoms with Gasteiger partial charge in [0.15, 0.2) is 0 Å². The lowest BCUT2D eigenvalue weighted by atomic mass is 10.1. The summed E-state index contributed by atoms with van der Waals surface area (Å²) in [4.78, 5) is 11.0. The molecule has 1 aromatic rings. The molecule has 0 fully saturated rings. The van der Waals surface area contributed by atoms with E-state index in [0.717, 1.165) is 24.1 Å². The second-order valence-electron chi connectivity index (χ2n) is 3.54. The van der Waals surface area contributed by atoms with E-state index in [2.05, 4.69) is 6.92 Å². The van der Waals surface area contributed by atoms with E-state index >= 15 is 0 Å². The van der Waals surface area contributed by atoms with Gasteiger partial charge < -0.3 is 5.73 Å². The summed E-state index contributed by atoms with van der Waals surface area (Å²) in [6.45, 7) is 2.14. The first-order valence-corrected chi connectivity index (χ1v) is 5.96. The maximum absolute atomic E-state index is 10.5. The summed E-state index contributed by atoms with van der Waals surface area (Å²) in [6.07, 6.45) is 4.33. The van der Waals surface area contributed by atoms with Gasteiger partial charge in [-0.3, -0.25) is 10.1 Å². The lowest BCUT2D eigenvalue weighted by Crippen LogP contribution is -2.07. The molecule has 1 aromatic heterocycles. The first-order chi connectivity index (χ1) is 7.15. The van der Waals surface area contributed by atoms with E-state index in [1.165, 1.54) is 23.8 Å². The number of hydrogen-bond acceptors (Lipinski definition) is 4. The molecule has 84 valence electrons. The minimum atomic E-state index is -0.368. The Hall–Kier alpha value is -0.940. The van der Waals surface area contributed by atoms with Crippen LogP contribution in [0.15, 0.2) is 12.1 Å². The zero-order valence-corrected chi connectivity index (χ0v) is 9.63. The minimum Gasteiger partial charge on any atom is -0.323 e. The Morgan fingerprint density at radius 3 is 2.80 bits per heavy atom. The predicted octanol–water partition coefficient (Wildman–Crippen LogP) is 3.24. The van der Waals surface area contributed by atoms with Gasteiger partial charge in [0.1, 0.15) is 0 Å². The number of nitrogens with zero attached hydrogens (tertiary/aromatic N) is 1. The molecule has 0 aliphatic rings. The second-order valence-corrected chi connectivity index (χ2v) is 4.63. The highest BCUT2D eigenvalue weighted by atomic mass is 32.1. The van der Waals surface area contributed by atoms with Gasteiger partial charge in [-0.1, -0.05) is 37.5 Å². The summed E-state index contributed by atoms with van der Waals surface area (Å²) in [5, 5.41) is 10.6. The van der Waals surface area contributed by atoms with E-state index < -0.39 is 0 Å². The van der Waals surface area contributed by atoms with Crippen molar-refractivity contribution in [2.24, 2.45) is 5.73 Å². The van der Waals surface area contributed by atoms with Gasteiger partial charge in [-0.05, 0) is 12.5 Å². The summed E-state index contributed by atoms with van der Waals surface area (Å²) >= 11 is 1.18. The molecule has 0 saturated carbocycles. The topological polar surface area (TPSA) is 69.2 Å². The number of nitrogens with two attached hydrogens (primary N) is 1. The van der Waals surface area contributed by atoms with Crippen LogP contribution in [0.2, 0.25) is 0 Å². The Morgan fingerprint density at radius 2 is 2.27 bits per heavy atom. The molecule has 15 heavy (non-hydrogen) atoms. The van der Waals surface area contributed by atoms with Crippen molar-refractivity contribution < 1.29 is 4.92 Å². The molecule has 0 aliphatic carbocycles. The average Bonchev–Trinajstić information content (AvgIpc) is 2.66. The van der Waals surface area contributed by atoms with E-state index in [-0.39, 0.29) is 16.0 Å². The predicted molar refractivity (Wildman–Crippen MR) is 62.0 cm³/mol. The molecule has 0 bridgehead atoms. The van der Waals surface area contributed by atoms with Crippen LogP contribution < -0.4 is 5.73 Å². The van der Waals surface area contributed by atoms with Crippen LogP contribution >= 0.6 is 11.3 Å². The maximum atomic E-state index is 10.5. The Morgan fingerprint density at radius 1 is 1.53 bits per heavy atom. The third-order valence-corrected chi connectivity index (χ3v) is 3.45. The smallest absolute Gasteiger partial charge is 0.323 e. The normalized spacial score (nSPS) is 12.7. The SMILES string of the molecule is CCCCC[C@@H](N)c1ccc([N+](=O)[O-])s1. The highest BCUT2D eigenvalue weighted by Gasteiger charge is 2.14. The summed E-state index contributed by atoms with van der Waals surface area (Å²) < 4.78 is 0. The van der Waals surface area contributed by atoms with Crippen LogP contribution in [-0.4, -0.2) is 4.92 Å². The van der Waals surface area contributed by atoms with Crippen LogP contribution in [0.4, 0.5) is 5.00 Å². The summed E-state index contributed by atoms with van der Waals surface area (Å²) in [5.74, 6) is 0. The van der Waals surface area contributed by atoms with Gasteiger partial charge in [-0.2, -0.15) is 0 Å². The molecule has 0 aromatic carbocycles. The van der Waals surface area contributed by atoms with E-state index in [1.54, 1.807) is 6.07 Å². The molecule has 0 saturated heterocycles. The van der Waals surface area contributed by atoms with Gasteiger partial charge in [-0.25, -0.2) is 0 Å². The summed E-state index contributed by atoms with van der Waals surface area (Å²) in [7, 11) is 0. The van der Waals surface area contributed by atoms with Crippen molar-refractivity contribution in [2.75, 3.05) is 0 Å². The average molecular weight is 228 g/mol. The molecule has 5 heteroatoms. The van der Waals surface area contributed by atoms with E-state index in [1.807, 2.05) is 0 Å². The number of thiophene rings is 1. The zero-order chi connectivity index (χ0) is 11.3. The third-order valence-electron chi connectivity index (χ3n) is 2.28. The highest BCUT2D eigenvalue weighted by Crippen LogP contribution is 2.29. The number of hydrogen-bond donors (Lipinski definition) is 1. The fourth-order valence-corrected chi connectivity index (χ4v) is 2.25. The van der Waals surface area contributed by atoms with Crippen molar-refractivity contribution in [3.63, 3.8) is 0 Å². The molecule has 0 aliphatic heterocycles. The molecule has 4 nitrogen and oxygen atoms in total. The molecular weight excluding hydrogens is 212 g/mol. The van der Waals surface area contributed by atoms with Crippen LogP contribution in [0.5, 0.6) is 0 Å². The molecule has 1 atom stereocenters. The molecule has 0 amide bonds. The van der Waals surface area contributed by atoms with Crippen molar-refractivity contribution in [3.05, 3.63) is 27.1 Å². The molecule has 2 N–H and O–H groups in total. The number of nitro groups is 1. The summed E-state index contributed by atoms with van der Waals surface area (Å²) in [6, 6.07) is 3.24. The molecule has 0 radical (unpaired) electrons. The minimum absolute atomic E-state index is 0.0461. The Balaban J connectivity index is 2.50. The van der Waals surface area contributed by atoms with Gasteiger partial charge in [0.25, 0.3) is 0 Å². The molecular formula is C10H16N2O2S. The Labute approximate surface area is 93.3 Å². The monoisotopic (exact) mass is 228 g/mol. The first-order valence-electron chi connectivity index (χ1n) is 5.15. The van der Waals surface area contributed by atoms with Crippen LogP contribution in [-0.2, 0) is 0 Å². The van der Waals surface area contributed by atoms with Gasteiger partial charge in [-0.15, -0.1) is 0 Å². The van der Waals surface area contributed by atoms with Crippen molar-refractivity contribution >= 4 is 16.3 Å². The quantitative estimate of drug-likeness (QED) is 0.461. The maximum Gasteiger partial charge on any atom is 0.324 e. The Bertz CT molecular complexity index is 325. The van der Waals surface area contributed by atoms with Crippen LogP contribution in [0.1, 0.15) is 43.5 Å². The van der Waals surface area contributed by atoms with Crippen LogP contribution in [0, 0.1) is 10.1 Å². The highest BCUT2D eigenvalue weighted by molar-refractivity contribution is 7.15. The van der Waals surface area contributed by atoms with Crippen molar-refractivity contribution in [3.8, 4) is 0 Å². The Kier molecular flexibility index (Phi) is 4.71. The molecule has 0 unspecified atom stereocenters. The van der Waals surface area contributed by atoms with Gasteiger partial charge >= 0.3 is 5.00 Å².